The van der Waals surface area contributed by atoms with Gasteiger partial charge in [0.05, 0.1) is 13.2 Å². The minimum absolute atomic E-state index is 0.255. The Labute approximate surface area is 139 Å². The van der Waals surface area contributed by atoms with Crippen LogP contribution in [0.1, 0.15) is 37.7 Å². The molecule has 23 heavy (non-hydrogen) atoms. The quantitative estimate of drug-likeness (QED) is 0.827. The average Bonchev–Trinajstić information content (AvgIpc) is 2.64. The van der Waals surface area contributed by atoms with E-state index in [1.54, 1.807) is 0 Å². The zero-order valence-corrected chi connectivity index (χ0v) is 13.9. The summed E-state index contributed by atoms with van der Waals surface area (Å²) in [6.45, 7) is 4.47. The van der Waals surface area contributed by atoms with Gasteiger partial charge in [-0.15, -0.1) is 0 Å². The third-order valence-corrected chi connectivity index (χ3v) is 5.23. The standard InChI is InChI=1S/C20H27NO2/c22-20(18-8-3-1-4-9-18,19-10-5-2-6-11-19)12-7-13-21-14-16-23-17-15-21/h1,3-4,8-9,19,22H,2,5-6,10-11,13-17H2/p+1/t20-/m0/s1. The van der Waals surface area contributed by atoms with Gasteiger partial charge in [-0.2, -0.15) is 0 Å². The van der Waals surface area contributed by atoms with Crippen LogP contribution in [0.3, 0.4) is 0 Å². The molecule has 0 bridgehead atoms. The van der Waals surface area contributed by atoms with E-state index in [4.69, 9.17) is 4.74 Å². The second-order valence-electron chi connectivity index (χ2n) is 6.81. The fourth-order valence-electron chi connectivity index (χ4n) is 3.76. The smallest absolute Gasteiger partial charge is 0.153 e. The molecule has 1 aliphatic heterocycles. The molecule has 1 aromatic carbocycles. The van der Waals surface area contributed by atoms with Gasteiger partial charge in [-0.1, -0.05) is 55.5 Å². The molecule has 3 nitrogen and oxygen atoms in total. The first-order chi connectivity index (χ1) is 11.3. The van der Waals surface area contributed by atoms with Crippen molar-refractivity contribution < 1.29 is 14.7 Å². The van der Waals surface area contributed by atoms with Crippen LogP contribution >= 0.6 is 0 Å². The first-order valence-electron chi connectivity index (χ1n) is 8.98. The van der Waals surface area contributed by atoms with Crippen LogP contribution in [0.15, 0.2) is 30.3 Å². The van der Waals surface area contributed by atoms with E-state index in [0.29, 0.717) is 0 Å². The van der Waals surface area contributed by atoms with E-state index in [2.05, 4.69) is 11.8 Å². The Morgan fingerprint density at radius 2 is 1.78 bits per heavy atom. The zero-order valence-electron chi connectivity index (χ0n) is 13.9. The SMILES string of the molecule is O[C@@](C#CC[NH+]1CCOCC1)(c1ccccc1)C1CCCCC1. The van der Waals surface area contributed by atoms with Crippen LogP contribution in [-0.2, 0) is 10.3 Å². The van der Waals surface area contributed by atoms with E-state index in [9.17, 15) is 5.11 Å². The lowest BCUT2D eigenvalue weighted by Crippen LogP contribution is -3.14. The van der Waals surface area contributed by atoms with E-state index in [1.807, 2.05) is 30.3 Å². The van der Waals surface area contributed by atoms with E-state index >= 15 is 0 Å². The molecule has 1 saturated heterocycles. The minimum Gasteiger partial charge on any atom is -0.373 e. The predicted molar refractivity (Wildman–Crippen MR) is 91.1 cm³/mol. The second-order valence-corrected chi connectivity index (χ2v) is 6.81. The number of quaternary nitrogens is 1. The molecular weight excluding hydrogens is 286 g/mol. The Balaban J connectivity index is 1.77. The molecule has 0 unspecified atom stereocenters. The molecule has 3 rings (SSSR count). The third-order valence-electron chi connectivity index (χ3n) is 5.23. The summed E-state index contributed by atoms with van der Waals surface area (Å²) >= 11 is 0. The Kier molecular flexibility index (Phi) is 5.72. The molecule has 0 amide bonds. The summed E-state index contributed by atoms with van der Waals surface area (Å²) in [6.07, 6.45) is 5.84. The van der Waals surface area contributed by atoms with Crippen molar-refractivity contribution in [3.8, 4) is 11.8 Å². The number of rotatable bonds is 3. The van der Waals surface area contributed by atoms with Crippen molar-refractivity contribution in [2.45, 2.75) is 37.7 Å². The monoisotopic (exact) mass is 314 g/mol. The molecule has 1 aliphatic carbocycles. The number of benzene rings is 1. The van der Waals surface area contributed by atoms with Crippen molar-refractivity contribution in [1.29, 1.82) is 0 Å². The number of ether oxygens (including phenoxy) is 1. The van der Waals surface area contributed by atoms with Crippen molar-refractivity contribution in [2.75, 3.05) is 32.8 Å². The Morgan fingerprint density at radius 1 is 1.09 bits per heavy atom. The fourth-order valence-corrected chi connectivity index (χ4v) is 3.76. The summed E-state index contributed by atoms with van der Waals surface area (Å²) < 4.78 is 5.39. The van der Waals surface area contributed by atoms with Crippen molar-refractivity contribution in [3.63, 3.8) is 0 Å². The van der Waals surface area contributed by atoms with Gasteiger partial charge in [-0.05, 0) is 24.3 Å². The fraction of sp³-hybridized carbons (Fsp3) is 0.600. The van der Waals surface area contributed by atoms with Crippen LogP contribution in [0.4, 0.5) is 0 Å². The summed E-state index contributed by atoms with van der Waals surface area (Å²) in [7, 11) is 0. The van der Waals surface area contributed by atoms with Crippen LogP contribution in [0.5, 0.6) is 0 Å². The first-order valence-corrected chi connectivity index (χ1v) is 8.98. The second kappa shape index (κ2) is 7.97. The predicted octanol–water partition coefficient (Wildman–Crippen LogP) is 1.37. The van der Waals surface area contributed by atoms with Crippen molar-refractivity contribution >= 4 is 0 Å². The highest BCUT2D eigenvalue weighted by atomic mass is 16.5. The van der Waals surface area contributed by atoms with Crippen LogP contribution in [0, 0.1) is 17.8 Å². The summed E-state index contributed by atoms with van der Waals surface area (Å²) in [5.41, 5.74) is -0.0377. The Morgan fingerprint density at radius 3 is 2.48 bits per heavy atom. The zero-order chi connectivity index (χ0) is 16.0. The molecular formula is C20H28NO2+. The number of aliphatic hydroxyl groups is 1. The summed E-state index contributed by atoms with van der Waals surface area (Å²) in [6, 6.07) is 10.0. The van der Waals surface area contributed by atoms with Gasteiger partial charge in [0, 0.05) is 5.92 Å². The van der Waals surface area contributed by atoms with Crippen molar-refractivity contribution in [2.24, 2.45) is 5.92 Å². The highest BCUT2D eigenvalue weighted by molar-refractivity contribution is 5.33. The molecule has 1 saturated carbocycles. The molecule has 0 radical (unpaired) electrons. The molecule has 124 valence electrons. The van der Waals surface area contributed by atoms with E-state index in [1.165, 1.54) is 24.2 Å². The highest BCUT2D eigenvalue weighted by Gasteiger charge is 2.37. The molecule has 0 spiro atoms. The maximum absolute atomic E-state index is 11.4. The molecule has 0 aromatic heterocycles. The van der Waals surface area contributed by atoms with Gasteiger partial charge >= 0.3 is 0 Å². The normalized spacial score (nSPS) is 22.8. The molecule has 2 fully saturated rings. The summed E-state index contributed by atoms with van der Waals surface area (Å²) in [4.78, 5) is 1.46. The molecule has 2 N–H and O–H groups in total. The minimum atomic E-state index is -0.993. The summed E-state index contributed by atoms with van der Waals surface area (Å²) in [5, 5.41) is 11.4. The Hall–Kier alpha value is -1.34. The van der Waals surface area contributed by atoms with Crippen LogP contribution < -0.4 is 4.90 Å². The lowest BCUT2D eigenvalue weighted by Gasteiger charge is -2.35. The molecule has 1 atom stereocenters. The topological polar surface area (TPSA) is 33.9 Å². The summed E-state index contributed by atoms with van der Waals surface area (Å²) in [5.74, 6) is 6.83. The van der Waals surface area contributed by atoms with Crippen LogP contribution in [0.2, 0.25) is 0 Å². The van der Waals surface area contributed by atoms with Gasteiger partial charge in [0.15, 0.2) is 5.60 Å². The van der Waals surface area contributed by atoms with Crippen molar-refractivity contribution in [3.05, 3.63) is 35.9 Å². The van der Waals surface area contributed by atoms with E-state index in [-0.39, 0.29) is 5.92 Å². The van der Waals surface area contributed by atoms with Crippen LogP contribution in [0.25, 0.3) is 0 Å². The first kappa shape index (κ1) is 16.5. The maximum atomic E-state index is 11.4. The number of hydrogen-bond donors (Lipinski definition) is 2. The third kappa shape index (κ3) is 4.14. The molecule has 1 heterocycles. The molecule has 3 heteroatoms. The van der Waals surface area contributed by atoms with Gasteiger partial charge in [-0.25, -0.2) is 0 Å². The average molecular weight is 314 g/mol. The largest absolute Gasteiger partial charge is 0.373 e. The van der Waals surface area contributed by atoms with Gasteiger partial charge in [-0.3, -0.25) is 0 Å². The number of hydrogen-bond acceptors (Lipinski definition) is 2. The van der Waals surface area contributed by atoms with Gasteiger partial charge < -0.3 is 14.7 Å². The lowest BCUT2D eigenvalue weighted by molar-refractivity contribution is -0.900. The van der Waals surface area contributed by atoms with E-state index < -0.39 is 5.60 Å². The highest BCUT2D eigenvalue weighted by Crippen LogP contribution is 2.38. The van der Waals surface area contributed by atoms with Crippen molar-refractivity contribution in [1.82, 2.24) is 0 Å². The van der Waals surface area contributed by atoms with E-state index in [0.717, 1.165) is 51.3 Å². The number of morpholine rings is 1. The van der Waals surface area contributed by atoms with Gasteiger partial charge in [0.1, 0.15) is 19.6 Å². The Bertz CT molecular complexity index is 536. The van der Waals surface area contributed by atoms with Crippen LogP contribution in [-0.4, -0.2) is 38.0 Å². The lowest BCUT2D eigenvalue weighted by atomic mass is 9.73. The van der Waals surface area contributed by atoms with Gasteiger partial charge in [0.25, 0.3) is 0 Å². The molecule has 1 aromatic rings. The molecule has 2 aliphatic rings. The number of nitrogens with one attached hydrogen (secondary N) is 1. The van der Waals surface area contributed by atoms with Gasteiger partial charge in [0.2, 0.25) is 0 Å². The maximum Gasteiger partial charge on any atom is 0.153 e.